The van der Waals surface area contributed by atoms with Gasteiger partial charge in [0.25, 0.3) is 0 Å². The van der Waals surface area contributed by atoms with E-state index in [1.54, 1.807) is 74.4 Å². The second kappa shape index (κ2) is 39.7. The molecule has 15 heteroatoms. The van der Waals surface area contributed by atoms with Gasteiger partial charge in [-0.25, -0.2) is 29.9 Å². The molecule has 0 aliphatic heterocycles. The van der Waals surface area contributed by atoms with Gasteiger partial charge in [-0.15, -0.1) is 0 Å². The molecule has 10 heterocycles. The molecule has 0 atom stereocenters. The molecule has 11 rings (SSSR count). The van der Waals surface area contributed by atoms with E-state index in [0.717, 1.165) is 72.0 Å². The number of pyridine rings is 7. The smallest absolute Gasteiger partial charge is 0.189 e. The van der Waals surface area contributed by atoms with Gasteiger partial charge in [-0.1, -0.05) is 42.5 Å². The Morgan fingerprint density at radius 1 is 0.312 bits per heavy atom. The molecule has 414 valence electrons. The van der Waals surface area contributed by atoms with Gasteiger partial charge in [0, 0.05) is 128 Å². The lowest BCUT2D eigenvalue weighted by atomic mass is 10.2. The summed E-state index contributed by atoms with van der Waals surface area (Å²) in [4.78, 5) is 43.9. The molecule has 0 amide bonds. The Kier molecular flexibility index (Phi) is 33.0. The summed E-state index contributed by atoms with van der Waals surface area (Å²) in [6, 6.07) is 40.8. The summed E-state index contributed by atoms with van der Waals surface area (Å²) in [5.74, 6) is 2.49. The molecule has 15 nitrogen and oxygen atoms in total. The molecule has 11 aromatic rings. The van der Waals surface area contributed by atoms with Gasteiger partial charge in [-0.2, -0.15) is 9.46 Å². The predicted molar refractivity (Wildman–Crippen MR) is 322 cm³/mol. The van der Waals surface area contributed by atoms with Gasteiger partial charge >= 0.3 is 0 Å². The molecule has 0 bridgehead atoms. The van der Waals surface area contributed by atoms with Crippen molar-refractivity contribution in [3.8, 4) is 0 Å². The van der Waals surface area contributed by atoms with Crippen molar-refractivity contribution in [1.29, 1.82) is 0 Å². The van der Waals surface area contributed by atoms with Crippen molar-refractivity contribution in [1.82, 2.24) is 54.8 Å². The van der Waals surface area contributed by atoms with Crippen LogP contribution < -0.4 is 9.46 Å². The third-order valence-corrected chi connectivity index (χ3v) is 10.0. The van der Waals surface area contributed by atoms with Crippen LogP contribution in [0.4, 0.5) is 0 Å². The zero-order valence-electron chi connectivity index (χ0n) is 48.8. The molecule has 0 aliphatic carbocycles. The minimum absolute atomic E-state index is 0.729. The van der Waals surface area contributed by atoms with Crippen molar-refractivity contribution in [2.24, 2.45) is 0 Å². The van der Waals surface area contributed by atoms with Gasteiger partial charge in [0.1, 0.15) is 17.5 Å². The van der Waals surface area contributed by atoms with E-state index in [0.29, 0.717) is 0 Å². The van der Waals surface area contributed by atoms with Crippen LogP contribution in [0.2, 0.25) is 0 Å². The number of hydrogen-bond acceptors (Lipinski definition) is 13. The zero-order valence-corrected chi connectivity index (χ0v) is 48.8. The average Bonchev–Trinajstić information content (AvgIpc) is 3.44. The Morgan fingerprint density at radius 3 is 1.30 bits per heavy atom. The van der Waals surface area contributed by atoms with E-state index in [1.807, 2.05) is 187 Å². The number of aromatic nitrogens is 13. The summed E-state index contributed by atoms with van der Waals surface area (Å²) in [6.07, 6.45) is 24.1. The van der Waals surface area contributed by atoms with Gasteiger partial charge in [0.05, 0.1) is 5.52 Å². The van der Waals surface area contributed by atoms with Crippen molar-refractivity contribution < 1.29 is 9.46 Å². The number of rotatable bonds is 0. The lowest BCUT2D eigenvalue weighted by molar-refractivity contribution is -0.612. The number of fused-ring (bicyclic) bond motifs is 1. The zero-order chi connectivity index (χ0) is 58.9. The molecule has 1 aromatic carbocycles. The van der Waals surface area contributed by atoms with Gasteiger partial charge in [-0.3, -0.25) is 24.9 Å². The maximum absolute atomic E-state index is 10.5. The average molecular weight is 1070 g/mol. The highest BCUT2D eigenvalue weighted by atomic mass is 16.5. The van der Waals surface area contributed by atoms with Gasteiger partial charge in [0.2, 0.25) is 0 Å². The Hall–Kier alpha value is -9.63. The van der Waals surface area contributed by atoms with Crippen LogP contribution in [0.1, 0.15) is 79.3 Å². The number of para-hydroxylation sites is 1. The van der Waals surface area contributed by atoms with Gasteiger partial charge in [-0.05, 0) is 184 Å². The monoisotopic (exact) mass is 1070 g/mol. The minimum atomic E-state index is 0.729. The first kappa shape index (κ1) is 66.5. The minimum Gasteiger partial charge on any atom is -0.619 e. The lowest BCUT2D eigenvalue weighted by Gasteiger charge is -1.95. The van der Waals surface area contributed by atoms with E-state index in [2.05, 4.69) is 86.0 Å². The van der Waals surface area contributed by atoms with Crippen LogP contribution in [0.15, 0.2) is 214 Å². The molecule has 0 spiro atoms. The van der Waals surface area contributed by atoms with Crippen molar-refractivity contribution in [3.63, 3.8) is 0 Å². The lowest BCUT2D eigenvalue weighted by Crippen LogP contribution is -2.28. The molecule has 0 N–H and O–H groups in total. The molecule has 0 fully saturated rings. The highest BCUT2D eigenvalue weighted by molar-refractivity contribution is 5.78. The van der Waals surface area contributed by atoms with Crippen LogP contribution >= 0.6 is 0 Å². The van der Waals surface area contributed by atoms with E-state index >= 15 is 0 Å². The van der Waals surface area contributed by atoms with Gasteiger partial charge in [0.15, 0.2) is 24.3 Å². The predicted octanol–water partition coefficient (Wildman–Crippen LogP) is 12.9. The first-order valence-corrected chi connectivity index (χ1v) is 25.7. The maximum Gasteiger partial charge on any atom is 0.189 e. The fraction of sp³-hybridized carbons (Fsp3) is 0.215. The van der Waals surface area contributed by atoms with Crippen LogP contribution in [0.5, 0.6) is 0 Å². The Bertz CT molecular complexity index is 2970. The molecule has 80 heavy (non-hydrogen) atoms. The molecule has 0 radical (unpaired) electrons. The van der Waals surface area contributed by atoms with Crippen LogP contribution in [0, 0.1) is 107 Å². The summed E-state index contributed by atoms with van der Waals surface area (Å²) >= 11 is 0. The van der Waals surface area contributed by atoms with E-state index in [9.17, 15) is 10.4 Å². The number of nitrogens with zero attached hydrogens (tertiary/aromatic N) is 13. The topological polar surface area (TPSA) is 196 Å². The second-order valence-electron chi connectivity index (χ2n) is 17.9. The summed E-state index contributed by atoms with van der Waals surface area (Å²) in [5.41, 5.74) is 13.3. The Labute approximate surface area is 474 Å². The van der Waals surface area contributed by atoms with Crippen molar-refractivity contribution in [3.05, 3.63) is 304 Å². The maximum atomic E-state index is 10.5. The third-order valence-electron chi connectivity index (χ3n) is 10.0. The molecule has 0 unspecified atom stereocenters. The molecule has 0 saturated carbocycles. The third kappa shape index (κ3) is 34.1. The quantitative estimate of drug-likeness (QED) is 0.103. The van der Waals surface area contributed by atoms with Crippen molar-refractivity contribution in [2.75, 3.05) is 0 Å². The fourth-order valence-corrected chi connectivity index (χ4v) is 5.68. The largest absolute Gasteiger partial charge is 0.619 e. The van der Waals surface area contributed by atoms with Crippen molar-refractivity contribution >= 4 is 10.9 Å². The van der Waals surface area contributed by atoms with E-state index < -0.39 is 0 Å². The van der Waals surface area contributed by atoms with Crippen LogP contribution in [-0.2, 0) is 0 Å². The molecule has 10 aromatic heterocycles. The van der Waals surface area contributed by atoms with Crippen LogP contribution in [0.3, 0.4) is 0 Å². The summed E-state index contributed by atoms with van der Waals surface area (Å²) in [5, 5.41) is 22.1. The molecular formula is C65H77N13O2. The SMILES string of the molecule is Cc1cc[n+]([O-])cc1.Cc1ccc(C)nc1.Cc1ccc2ccccc2n1.Cc1cccc[n+]1[O-].Cc1cccnc1.Cc1ccnc(C)c1.Cc1ccnc(C)n1.Cc1ccncc1.Cc1cnc(C)nc1.Cc1ncccn1. The van der Waals surface area contributed by atoms with Gasteiger partial charge < -0.3 is 10.4 Å². The molecule has 0 saturated heterocycles. The first-order chi connectivity index (χ1) is 38.3. The number of benzene rings is 1. The Morgan fingerprint density at radius 2 is 0.875 bits per heavy atom. The van der Waals surface area contributed by atoms with Crippen molar-refractivity contribution in [2.45, 2.75) is 96.9 Å². The second-order valence-corrected chi connectivity index (χ2v) is 17.9. The summed E-state index contributed by atoms with van der Waals surface area (Å²) in [6.45, 7) is 27.4. The number of aryl methyl sites for hydroxylation is 14. The number of hydrogen-bond donors (Lipinski definition) is 0. The highest BCUT2D eigenvalue weighted by Gasteiger charge is 1.92. The first-order valence-electron chi connectivity index (χ1n) is 25.7. The fourth-order valence-electron chi connectivity index (χ4n) is 5.68. The van der Waals surface area contributed by atoms with Crippen LogP contribution in [-0.4, -0.2) is 54.8 Å². The van der Waals surface area contributed by atoms with E-state index in [-0.39, 0.29) is 0 Å². The standard InChI is InChI=1S/C10H9N.2C7H9N.2C6H8N2.2C6H7NO.2C6H7N.C5H6N2/c1-8-6-7-9-4-2-3-5-10(9)11-8;1-6-3-4-8-7(2)5-6;1-6-3-4-7(2)8-5-6;1-5-3-7-6(2)8-4-5;1-5-3-4-7-6(2)8-5;1-6-2-4-7(8)5-3-6;1-6-4-2-3-5-7(6)8;1-6-2-4-7-5-3-6;1-6-3-2-4-7-5-6;1-5-6-3-2-4-7-5/h2-7H,1H3;2*3-5H,1-2H3;2*3-4H,1-2H3;2*2-5H,1H3;2*2-5H,1H3;2-4H,1H3. The normalized spacial score (nSPS) is 9.22. The van der Waals surface area contributed by atoms with Crippen LogP contribution in [0.25, 0.3) is 10.9 Å². The Balaban J connectivity index is 0.000000305. The highest BCUT2D eigenvalue weighted by Crippen LogP contribution is 2.10. The summed E-state index contributed by atoms with van der Waals surface area (Å²) < 4.78 is 1.60. The summed E-state index contributed by atoms with van der Waals surface area (Å²) in [7, 11) is 0. The van der Waals surface area contributed by atoms with E-state index in [1.165, 1.54) is 46.2 Å². The molecular weight excluding hydrogens is 995 g/mol. The molecule has 0 aliphatic rings. The van der Waals surface area contributed by atoms with E-state index in [4.69, 9.17) is 0 Å².